The summed E-state index contributed by atoms with van der Waals surface area (Å²) in [6.45, 7) is 2.14. The van der Waals surface area contributed by atoms with Gasteiger partial charge in [-0.15, -0.1) is 0 Å². The number of hydrogen-bond donors (Lipinski definition) is 0. The van der Waals surface area contributed by atoms with E-state index in [-0.39, 0.29) is 24.7 Å². The molecule has 0 saturated heterocycles. The minimum atomic E-state index is -4.11. The van der Waals surface area contributed by atoms with Gasteiger partial charge in [0.25, 0.3) is 0 Å². The molecule has 3 fully saturated rings. The van der Waals surface area contributed by atoms with E-state index in [4.69, 9.17) is 0 Å². The largest absolute Gasteiger partial charge is 0.359 e. The van der Waals surface area contributed by atoms with Crippen LogP contribution in [0.5, 0.6) is 0 Å². The first-order chi connectivity index (χ1) is 13.1. The predicted molar refractivity (Wildman–Crippen MR) is 90.9 cm³/mol. The van der Waals surface area contributed by atoms with E-state index in [1.165, 1.54) is 0 Å². The summed E-state index contributed by atoms with van der Waals surface area (Å²) in [4.78, 5) is 0. The molecule has 1 nitrogen and oxygen atoms in total. The molecule has 0 radical (unpaired) electrons. The van der Waals surface area contributed by atoms with E-state index in [0.717, 1.165) is 25.7 Å². The quantitative estimate of drug-likeness (QED) is 0.487. The Labute approximate surface area is 161 Å². The first-order valence-corrected chi connectivity index (χ1v) is 10.3. The predicted octanol–water partition coefficient (Wildman–Crippen LogP) is 6.30. The highest BCUT2D eigenvalue weighted by Crippen LogP contribution is 2.46. The summed E-state index contributed by atoms with van der Waals surface area (Å²) < 4.78 is 103. The molecule has 0 aliphatic heterocycles. The van der Waals surface area contributed by atoms with E-state index in [1.807, 2.05) is 0 Å². The van der Waals surface area contributed by atoms with Gasteiger partial charge in [0.2, 0.25) is 0 Å². The summed E-state index contributed by atoms with van der Waals surface area (Å²) in [6.07, 6.45) is -15.3. The Bertz CT molecular complexity index is 487. The smallest absolute Gasteiger partial charge is 0.311 e. The zero-order valence-corrected chi connectivity index (χ0v) is 16.0. The van der Waals surface area contributed by atoms with Gasteiger partial charge in [0.1, 0.15) is 30.8 Å². The fourth-order valence-corrected chi connectivity index (χ4v) is 5.14. The maximum absolute atomic E-state index is 14.6. The van der Waals surface area contributed by atoms with Gasteiger partial charge in [0, 0.05) is 0 Å². The van der Waals surface area contributed by atoms with Crippen molar-refractivity contribution in [3.8, 4) is 0 Å². The van der Waals surface area contributed by atoms with Crippen LogP contribution < -0.4 is 0 Å². The molecule has 4 atom stereocenters. The van der Waals surface area contributed by atoms with Crippen molar-refractivity contribution >= 4 is 0 Å². The molecule has 3 rings (SSSR count). The average Bonchev–Trinajstić information content (AvgIpc) is 2.62. The van der Waals surface area contributed by atoms with Crippen molar-refractivity contribution in [1.29, 1.82) is 0 Å². The van der Waals surface area contributed by atoms with Gasteiger partial charge >= 0.3 is 6.11 Å². The lowest BCUT2D eigenvalue weighted by atomic mass is 9.70. The molecule has 0 N–H and O–H groups in total. The third-order valence-corrected chi connectivity index (χ3v) is 6.97. The number of rotatable bonds is 4. The second-order valence-corrected chi connectivity index (χ2v) is 9.07. The summed E-state index contributed by atoms with van der Waals surface area (Å²) in [7, 11) is 0. The summed E-state index contributed by atoms with van der Waals surface area (Å²) in [5, 5.41) is 0. The van der Waals surface area contributed by atoms with Gasteiger partial charge in [-0.1, -0.05) is 19.8 Å². The molecule has 3 saturated carbocycles. The van der Waals surface area contributed by atoms with E-state index >= 15 is 0 Å². The monoisotopic (exact) mass is 418 g/mol. The fourth-order valence-electron chi connectivity index (χ4n) is 5.14. The van der Waals surface area contributed by atoms with Crippen LogP contribution in [-0.2, 0) is 4.74 Å². The summed E-state index contributed by atoms with van der Waals surface area (Å²) in [5.41, 5.74) is 0. The van der Waals surface area contributed by atoms with Gasteiger partial charge in [-0.3, -0.25) is 0 Å². The molecule has 0 aromatic heterocycles. The summed E-state index contributed by atoms with van der Waals surface area (Å²) in [5.74, 6) is -1.37. The molecule has 4 unspecified atom stereocenters. The standard InChI is InChI=1S/C20H29F7O/c1-10-2-4-11(5-3-10)12-6-16(23)19(17(24)7-12)28-20(26,27)13-8-14(21)18(25)15(22)9-13/h10-19H,2-9H2,1H3. The van der Waals surface area contributed by atoms with Crippen molar-refractivity contribution in [2.75, 3.05) is 0 Å². The van der Waals surface area contributed by atoms with Crippen LogP contribution in [-0.4, -0.2) is 43.1 Å². The number of halogens is 7. The van der Waals surface area contributed by atoms with E-state index < -0.39 is 61.8 Å². The van der Waals surface area contributed by atoms with Crippen molar-refractivity contribution in [1.82, 2.24) is 0 Å². The normalized spacial score (nSPS) is 48.4. The highest BCUT2D eigenvalue weighted by molar-refractivity contribution is 4.94. The molecule has 28 heavy (non-hydrogen) atoms. The molecule has 0 aromatic rings. The summed E-state index contributed by atoms with van der Waals surface area (Å²) in [6, 6.07) is 0. The second-order valence-electron chi connectivity index (χ2n) is 9.07. The van der Waals surface area contributed by atoms with Crippen LogP contribution >= 0.6 is 0 Å². The van der Waals surface area contributed by atoms with Crippen LogP contribution in [0.4, 0.5) is 30.7 Å². The van der Waals surface area contributed by atoms with Gasteiger partial charge in [-0.25, -0.2) is 22.0 Å². The Hall–Kier alpha value is -0.530. The molecule has 8 heteroatoms. The Balaban J connectivity index is 1.59. The van der Waals surface area contributed by atoms with E-state index in [1.54, 1.807) is 0 Å². The van der Waals surface area contributed by atoms with Crippen LogP contribution in [0.15, 0.2) is 0 Å². The highest BCUT2D eigenvalue weighted by Gasteiger charge is 2.54. The van der Waals surface area contributed by atoms with Crippen LogP contribution in [0.3, 0.4) is 0 Å². The van der Waals surface area contributed by atoms with Crippen molar-refractivity contribution in [2.24, 2.45) is 23.7 Å². The Kier molecular flexibility index (Phi) is 6.87. The van der Waals surface area contributed by atoms with E-state index in [2.05, 4.69) is 11.7 Å². The van der Waals surface area contributed by atoms with Gasteiger partial charge in [-0.05, 0) is 56.3 Å². The van der Waals surface area contributed by atoms with E-state index in [9.17, 15) is 30.7 Å². The van der Waals surface area contributed by atoms with Crippen molar-refractivity contribution in [3.05, 3.63) is 0 Å². The Morgan fingerprint density at radius 2 is 1.18 bits per heavy atom. The van der Waals surface area contributed by atoms with Crippen molar-refractivity contribution in [2.45, 2.75) is 101 Å². The first kappa shape index (κ1) is 22.2. The van der Waals surface area contributed by atoms with Crippen LogP contribution in [0.25, 0.3) is 0 Å². The van der Waals surface area contributed by atoms with Crippen LogP contribution in [0.2, 0.25) is 0 Å². The second kappa shape index (κ2) is 8.68. The third-order valence-electron chi connectivity index (χ3n) is 6.97. The molecule has 0 heterocycles. The topological polar surface area (TPSA) is 9.23 Å². The molecular weight excluding hydrogens is 389 g/mol. The zero-order valence-electron chi connectivity index (χ0n) is 16.0. The van der Waals surface area contributed by atoms with E-state index in [0.29, 0.717) is 5.92 Å². The molecule has 0 aromatic carbocycles. The van der Waals surface area contributed by atoms with Gasteiger partial charge in [-0.2, -0.15) is 8.78 Å². The molecule has 3 aliphatic rings. The summed E-state index contributed by atoms with van der Waals surface area (Å²) >= 11 is 0. The molecule has 0 bridgehead atoms. The first-order valence-electron chi connectivity index (χ1n) is 10.3. The number of alkyl halides is 7. The maximum Gasteiger partial charge on any atom is 0.359 e. The molecule has 0 spiro atoms. The number of ether oxygens (including phenoxy) is 1. The van der Waals surface area contributed by atoms with Crippen LogP contribution in [0.1, 0.15) is 58.3 Å². The van der Waals surface area contributed by atoms with Gasteiger partial charge < -0.3 is 4.74 Å². The molecule has 0 amide bonds. The lowest BCUT2D eigenvalue weighted by molar-refractivity contribution is -0.322. The number of hydrogen-bond acceptors (Lipinski definition) is 1. The van der Waals surface area contributed by atoms with Gasteiger partial charge in [0.15, 0.2) is 6.17 Å². The van der Waals surface area contributed by atoms with Crippen LogP contribution in [0, 0.1) is 23.7 Å². The minimum Gasteiger partial charge on any atom is -0.311 e. The van der Waals surface area contributed by atoms with Crippen molar-refractivity contribution in [3.63, 3.8) is 0 Å². The molecular formula is C20H29F7O. The van der Waals surface area contributed by atoms with Crippen molar-refractivity contribution < 1.29 is 35.5 Å². The van der Waals surface area contributed by atoms with Gasteiger partial charge in [0.05, 0.1) is 5.92 Å². The maximum atomic E-state index is 14.6. The lowest BCUT2D eigenvalue weighted by Crippen LogP contribution is -2.51. The average molecular weight is 418 g/mol. The zero-order chi connectivity index (χ0) is 20.6. The minimum absolute atomic E-state index is 0.0467. The Morgan fingerprint density at radius 3 is 1.68 bits per heavy atom. The highest BCUT2D eigenvalue weighted by atomic mass is 19.3. The molecule has 164 valence electrons. The SMILES string of the molecule is CC1CCC(C2CC(F)C(OC(F)(F)C3CC(F)C(F)C(F)C3)C(F)C2)CC1. The Morgan fingerprint density at radius 1 is 0.679 bits per heavy atom. The lowest BCUT2D eigenvalue weighted by Gasteiger charge is -2.42. The third kappa shape index (κ3) is 4.78. The molecule has 3 aliphatic carbocycles. The fraction of sp³-hybridized carbons (Fsp3) is 1.00.